The Hall–Kier alpha value is -1.79. The first kappa shape index (κ1) is 15.6. The number of carbonyl (C=O) groups is 2. The zero-order valence-electron chi connectivity index (χ0n) is 11.6. The molecule has 21 heavy (non-hydrogen) atoms. The van der Waals surface area contributed by atoms with Crippen LogP contribution in [0, 0.1) is 0 Å². The maximum absolute atomic E-state index is 11.6. The lowest BCUT2D eigenvalue weighted by molar-refractivity contribution is -0.141. The van der Waals surface area contributed by atoms with Crippen LogP contribution in [0.25, 0.3) is 0 Å². The van der Waals surface area contributed by atoms with Crippen LogP contribution in [0.5, 0.6) is 5.75 Å². The van der Waals surface area contributed by atoms with E-state index in [2.05, 4.69) is 4.74 Å². The van der Waals surface area contributed by atoms with Crippen LogP contribution in [0.4, 0.5) is 0 Å². The maximum atomic E-state index is 11.6. The van der Waals surface area contributed by atoms with Gasteiger partial charge in [0.05, 0.1) is 18.2 Å². The summed E-state index contributed by atoms with van der Waals surface area (Å²) in [5.74, 6) is -0.853. The quantitative estimate of drug-likeness (QED) is 0.796. The lowest BCUT2D eigenvalue weighted by atomic mass is 10.1. The Bertz CT molecular complexity index is 576. The number of hydrogen-bond donors (Lipinski definition) is 2. The molecule has 0 radical (unpaired) electrons. The van der Waals surface area contributed by atoms with Crippen molar-refractivity contribution in [2.75, 3.05) is 7.11 Å². The molecule has 0 aliphatic carbocycles. The average Bonchev–Trinajstić information content (AvgIpc) is 2.87. The van der Waals surface area contributed by atoms with E-state index in [1.54, 1.807) is 6.07 Å². The summed E-state index contributed by atoms with van der Waals surface area (Å²) in [7, 11) is 1.30. The summed E-state index contributed by atoms with van der Waals surface area (Å²) in [4.78, 5) is 24.7. The number of halogens is 1. The first-order chi connectivity index (χ1) is 9.93. The van der Waals surface area contributed by atoms with Gasteiger partial charge in [-0.1, -0.05) is 17.7 Å². The molecule has 1 atom stereocenters. The summed E-state index contributed by atoms with van der Waals surface area (Å²) < 4.78 is 4.57. The van der Waals surface area contributed by atoms with Crippen molar-refractivity contribution in [2.45, 2.75) is 32.0 Å². The predicted octanol–water partition coefficient (Wildman–Crippen LogP) is 1.17. The molecule has 1 aromatic rings. The van der Waals surface area contributed by atoms with Gasteiger partial charge in [-0.2, -0.15) is 0 Å². The monoisotopic (exact) mass is 312 g/mol. The summed E-state index contributed by atoms with van der Waals surface area (Å²) in [5.41, 5.74) is 7.03. The Balaban J connectivity index is 2.12. The van der Waals surface area contributed by atoms with Crippen LogP contribution < -0.4 is 5.73 Å². The number of esters is 1. The molecule has 1 aliphatic heterocycles. The number of amides is 1. The number of phenols is 1. The number of benzene rings is 1. The third-order valence-corrected chi connectivity index (χ3v) is 3.99. The van der Waals surface area contributed by atoms with E-state index in [-0.39, 0.29) is 29.6 Å². The Morgan fingerprint density at radius 2 is 2.19 bits per heavy atom. The maximum Gasteiger partial charge on any atom is 0.305 e. The minimum Gasteiger partial charge on any atom is -0.506 e. The van der Waals surface area contributed by atoms with Crippen molar-refractivity contribution >= 4 is 23.5 Å². The molecular formula is C14H17ClN2O4. The number of fused-ring (bicyclic) bond motifs is 1. The van der Waals surface area contributed by atoms with Gasteiger partial charge in [-0.3, -0.25) is 14.5 Å². The zero-order valence-corrected chi connectivity index (χ0v) is 12.4. The van der Waals surface area contributed by atoms with Crippen molar-refractivity contribution in [3.63, 3.8) is 0 Å². The molecule has 0 saturated carbocycles. The van der Waals surface area contributed by atoms with Crippen molar-refractivity contribution in [3.05, 3.63) is 28.3 Å². The molecule has 114 valence electrons. The number of ether oxygens (including phenoxy) is 1. The van der Waals surface area contributed by atoms with Crippen LogP contribution in [0.15, 0.2) is 12.1 Å². The van der Waals surface area contributed by atoms with Crippen LogP contribution in [-0.2, 0) is 27.4 Å². The van der Waals surface area contributed by atoms with Crippen molar-refractivity contribution < 1.29 is 19.4 Å². The van der Waals surface area contributed by atoms with Crippen LogP contribution >= 0.6 is 11.6 Å². The van der Waals surface area contributed by atoms with Crippen molar-refractivity contribution in [1.29, 1.82) is 0 Å². The third-order valence-electron chi connectivity index (χ3n) is 3.68. The molecule has 1 heterocycles. The van der Waals surface area contributed by atoms with E-state index in [1.165, 1.54) is 7.11 Å². The summed E-state index contributed by atoms with van der Waals surface area (Å²) in [5, 5.41) is 10.2. The highest BCUT2D eigenvalue weighted by Gasteiger charge is 2.31. The molecule has 1 aliphatic rings. The first-order valence-electron chi connectivity index (χ1n) is 6.53. The minimum absolute atomic E-state index is 0.0351. The molecule has 0 spiro atoms. The predicted molar refractivity (Wildman–Crippen MR) is 76.6 cm³/mol. The Morgan fingerprint density at radius 1 is 1.48 bits per heavy atom. The zero-order chi connectivity index (χ0) is 15.6. The van der Waals surface area contributed by atoms with Crippen molar-refractivity contribution in [1.82, 2.24) is 4.90 Å². The van der Waals surface area contributed by atoms with Gasteiger partial charge >= 0.3 is 5.97 Å². The molecule has 1 unspecified atom stereocenters. The number of hydrogen-bond acceptors (Lipinski definition) is 5. The summed E-state index contributed by atoms with van der Waals surface area (Å²) >= 11 is 5.88. The molecule has 1 amide bonds. The molecule has 0 saturated heterocycles. The molecule has 0 fully saturated rings. The van der Waals surface area contributed by atoms with E-state index < -0.39 is 11.9 Å². The number of primary amides is 1. The normalized spacial score (nSPS) is 15.5. The van der Waals surface area contributed by atoms with Crippen LogP contribution in [0.2, 0.25) is 5.02 Å². The second-order valence-corrected chi connectivity index (χ2v) is 5.38. The van der Waals surface area contributed by atoms with E-state index in [4.69, 9.17) is 17.3 Å². The van der Waals surface area contributed by atoms with Crippen molar-refractivity contribution in [3.8, 4) is 5.75 Å². The number of phenolic OH excluding ortho intramolecular Hbond substituents is 1. The molecule has 1 aromatic carbocycles. The molecule has 7 heteroatoms. The molecule has 2 rings (SSSR count). The number of nitrogens with two attached hydrogens (primary N) is 1. The molecule has 3 N–H and O–H groups in total. The van der Waals surface area contributed by atoms with Gasteiger partial charge in [-0.15, -0.1) is 0 Å². The van der Waals surface area contributed by atoms with Gasteiger partial charge in [0.25, 0.3) is 0 Å². The third kappa shape index (κ3) is 3.28. The fraction of sp³-hybridized carbons (Fsp3) is 0.429. The second-order valence-electron chi connectivity index (χ2n) is 4.97. The lowest BCUT2D eigenvalue weighted by Crippen LogP contribution is -2.42. The van der Waals surface area contributed by atoms with Gasteiger partial charge in [-0.25, -0.2) is 0 Å². The standard InChI is InChI=1S/C14H17ClN2O4/c1-21-12(18)5-4-11(14(16)20)17-6-8-2-3-10(15)13(19)9(8)7-17/h2-3,11,19H,4-7H2,1H3,(H2,16,20). The van der Waals surface area contributed by atoms with Gasteiger partial charge in [0, 0.05) is 25.1 Å². The first-order valence-corrected chi connectivity index (χ1v) is 6.91. The van der Waals surface area contributed by atoms with E-state index >= 15 is 0 Å². The van der Waals surface area contributed by atoms with Gasteiger partial charge in [0.2, 0.25) is 5.91 Å². The van der Waals surface area contributed by atoms with Gasteiger partial charge in [0.15, 0.2) is 0 Å². The number of nitrogens with zero attached hydrogens (tertiary/aromatic N) is 1. The van der Waals surface area contributed by atoms with E-state index in [9.17, 15) is 14.7 Å². The van der Waals surface area contributed by atoms with Crippen molar-refractivity contribution in [2.24, 2.45) is 5.73 Å². The van der Waals surface area contributed by atoms with E-state index in [0.29, 0.717) is 18.7 Å². The number of methoxy groups -OCH3 is 1. The molecular weight excluding hydrogens is 296 g/mol. The fourth-order valence-electron chi connectivity index (χ4n) is 2.53. The largest absolute Gasteiger partial charge is 0.506 e. The SMILES string of the molecule is COC(=O)CCC(C(N)=O)N1Cc2ccc(Cl)c(O)c2C1. The topological polar surface area (TPSA) is 92.9 Å². The Kier molecular flexibility index (Phi) is 4.69. The summed E-state index contributed by atoms with van der Waals surface area (Å²) in [6.45, 7) is 0.853. The highest BCUT2D eigenvalue weighted by Crippen LogP contribution is 2.36. The number of aromatic hydroxyl groups is 1. The van der Waals surface area contributed by atoms with Gasteiger partial charge < -0.3 is 15.6 Å². The Labute approximate surface area is 127 Å². The fourth-order valence-corrected chi connectivity index (χ4v) is 2.71. The number of rotatable bonds is 5. The smallest absolute Gasteiger partial charge is 0.305 e. The van der Waals surface area contributed by atoms with Crippen LogP contribution in [-0.4, -0.2) is 35.0 Å². The molecule has 0 aromatic heterocycles. The molecule has 6 nitrogen and oxygen atoms in total. The number of carbonyl (C=O) groups excluding carboxylic acids is 2. The van der Waals surface area contributed by atoms with Crippen LogP contribution in [0.1, 0.15) is 24.0 Å². The van der Waals surface area contributed by atoms with E-state index in [0.717, 1.165) is 5.56 Å². The Morgan fingerprint density at radius 3 is 2.81 bits per heavy atom. The minimum atomic E-state index is -0.588. The summed E-state index contributed by atoms with van der Waals surface area (Å²) in [6.07, 6.45) is 0.397. The highest BCUT2D eigenvalue weighted by molar-refractivity contribution is 6.32. The highest BCUT2D eigenvalue weighted by atomic mass is 35.5. The molecule has 0 bridgehead atoms. The van der Waals surface area contributed by atoms with Gasteiger partial charge in [0.1, 0.15) is 5.75 Å². The second kappa shape index (κ2) is 6.32. The average molecular weight is 313 g/mol. The van der Waals surface area contributed by atoms with E-state index in [1.807, 2.05) is 11.0 Å². The summed E-state index contributed by atoms with van der Waals surface area (Å²) in [6, 6.07) is 2.84. The lowest BCUT2D eigenvalue weighted by Gasteiger charge is -2.24. The van der Waals surface area contributed by atoms with Crippen LogP contribution in [0.3, 0.4) is 0 Å². The van der Waals surface area contributed by atoms with Gasteiger partial charge in [-0.05, 0) is 18.1 Å².